The number of benzene rings is 1. The van der Waals surface area contributed by atoms with E-state index in [1.807, 2.05) is 4.90 Å². The van der Waals surface area contributed by atoms with E-state index in [-0.39, 0.29) is 23.4 Å². The van der Waals surface area contributed by atoms with Gasteiger partial charge in [0.25, 0.3) is 11.8 Å². The van der Waals surface area contributed by atoms with Gasteiger partial charge in [-0.1, -0.05) is 6.07 Å². The first kappa shape index (κ1) is 18.4. The predicted octanol–water partition coefficient (Wildman–Crippen LogP) is 1.73. The number of rotatable bonds is 1. The number of nitrogen functional groups attached to an aromatic ring is 1. The van der Waals surface area contributed by atoms with Crippen LogP contribution in [-0.2, 0) is 4.79 Å². The zero-order chi connectivity index (χ0) is 20.6. The van der Waals surface area contributed by atoms with Crippen molar-refractivity contribution in [1.82, 2.24) is 14.7 Å². The van der Waals surface area contributed by atoms with Crippen LogP contribution in [0.3, 0.4) is 0 Å². The number of nitrogens with zero attached hydrogens (tertiary/aromatic N) is 3. The summed E-state index contributed by atoms with van der Waals surface area (Å²) in [6.07, 6.45) is 6.16. The number of nitrogens with two attached hydrogens (primary N) is 1. The molecule has 5 heterocycles. The van der Waals surface area contributed by atoms with Crippen molar-refractivity contribution in [3.05, 3.63) is 29.3 Å². The maximum Gasteiger partial charge on any atom is 0.264 e. The molecule has 0 spiro atoms. The molecule has 1 aromatic carbocycles. The Balaban J connectivity index is 1.30. The van der Waals surface area contributed by atoms with Crippen LogP contribution in [0.4, 0.5) is 5.69 Å². The van der Waals surface area contributed by atoms with Gasteiger partial charge >= 0.3 is 0 Å². The fraction of sp³-hybridized carbons (Fsp3) is 0.609. The van der Waals surface area contributed by atoms with Crippen LogP contribution in [-0.4, -0.2) is 70.2 Å². The second-order valence-electron chi connectivity index (χ2n) is 9.64. The summed E-state index contributed by atoms with van der Waals surface area (Å²) in [7, 11) is 0. The van der Waals surface area contributed by atoms with E-state index in [9.17, 15) is 14.4 Å². The maximum absolute atomic E-state index is 13.6. The van der Waals surface area contributed by atoms with E-state index in [0.29, 0.717) is 35.5 Å². The minimum atomic E-state index is -0.701. The van der Waals surface area contributed by atoms with Crippen molar-refractivity contribution in [2.45, 2.75) is 56.7 Å². The lowest BCUT2D eigenvalue weighted by molar-refractivity contribution is -0.156. The smallest absolute Gasteiger partial charge is 0.264 e. The van der Waals surface area contributed by atoms with E-state index in [1.54, 1.807) is 18.2 Å². The first-order chi connectivity index (χ1) is 14.6. The molecule has 0 aromatic heterocycles. The van der Waals surface area contributed by atoms with E-state index in [4.69, 9.17) is 5.73 Å². The average Bonchev–Trinajstić information content (AvgIpc) is 3.01. The zero-order valence-corrected chi connectivity index (χ0v) is 17.1. The zero-order valence-electron chi connectivity index (χ0n) is 17.1. The lowest BCUT2D eigenvalue weighted by atomic mass is 9.67. The van der Waals surface area contributed by atoms with E-state index in [0.717, 1.165) is 13.0 Å². The largest absolute Gasteiger partial charge is 0.398 e. The van der Waals surface area contributed by atoms with E-state index in [1.165, 1.54) is 43.7 Å². The van der Waals surface area contributed by atoms with Crippen molar-refractivity contribution in [2.75, 3.05) is 25.4 Å². The summed E-state index contributed by atoms with van der Waals surface area (Å²) < 4.78 is 0. The van der Waals surface area contributed by atoms with E-state index >= 15 is 0 Å². The normalized spacial score (nSPS) is 35.9. The number of carbonyl (C=O) groups is 3. The van der Waals surface area contributed by atoms with Crippen LogP contribution in [0.15, 0.2) is 18.2 Å². The Morgan fingerprint density at radius 3 is 2.53 bits per heavy atom. The Kier molecular flexibility index (Phi) is 4.01. The lowest BCUT2D eigenvalue weighted by Crippen LogP contribution is -2.69. The van der Waals surface area contributed by atoms with Crippen LogP contribution in [0.25, 0.3) is 0 Å². The summed E-state index contributed by atoms with van der Waals surface area (Å²) in [5.41, 5.74) is 6.87. The van der Waals surface area contributed by atoms with Gasteiger partial charge in [-0.15, -0.1) is 0 Å². The molecule has 7 heteroatoms. The number of fused-ring (bicyclic) bond motifs is 3. The minimum Gasteiger partial charge on any atom is -0.398 e. The second kappa shape index (κ2) is 6.54. The maximum atomic E-state index is 13.6. The molecular weight excluding hydrogens is 380 g/mol. The molecule has 158 valence electrons. The third-order valence-corrected chi connectivity index (χ3v) is 8.27. The van der Waals surface area contributed by atoms with Gasteiger partial charge in [0.05, 0.1) is 11.1 Å². The Hall–Kier alpha value is -2.41. The van der Waals surface area contributed by atoms with Crippen molar-refractivity contribution < 1.29 is 14.4 Å². The summed E-state index contributed by atoms with van der Waals surface area (Å²) in [6, 6.07) is 5.10. The van der Waals surface area contributed by atoms with Gasteiger partial charge in [0.15, 0.2) is 0 Å². The summed E-state index contributed by atoms with van der Waals surface area (Å²) in [4.78, 5) is 45.7. The molecule has 1 unspecified atom stereocenters. The quantitative estimate of drug-likeness (QED) is 0.565. The van der Waals surface area contributed by atoms with Gasteiger partial charge in [0, 0.05) is 24.3 Å². The number of hydrogen-bond donors (Lipinski definition) is 1. The molecule has 4 saturated heterocycles. The molecule has 30 heavy (non-hydrogen) atoms. The van der Waals surface area contributed by atoms with Crippen molar-refractivity contribution in [3.8, 4) is 0 Å². The molecule has 6 rings (SSSR count). The third-order valence-electron chi connectivity index (χ3n) is 8.27. The summed E-state index contributed by atoms with van der Waals surface area (Å²) in [5, 5.41) is 0. The van der Waals surface area contributed by atoms with Gasteiger partial charge in [0.2, 0.25) is 5.91 Å². The van der Waals surface area contributed by atoms with Crippen molar-refractivity contribution >= 4 is 23.4 Å². The average molecular weight is 409 g/mol. The number of imide groups is 1. The van der Waals surface area contributed by atoms with Crippen LogP contribution < -0.4 is 5.73 Å². The number of amides is 3. The molecule has 3 amide bonds. The first-order valence-corrected chi connectivity index (χ1v) is 11.4. The Morgan fingerprint density at radius 1 is 0.933 bits per heavy atom. The molecule has 5 aliphatic heterocycles. The lowest BCUT2D eigenvalue weighted by Gasteiger charge is -2.59. The van der Waals surface area contributed by atoms with E-state index in [2.05, 4.69) is 4.90 Å². The Morgan fingerprint density at radius 2 is 1.73 bits per heavy atom. The van der Waals surface area contributed by atoms with Crippen LogP contribution in [0.5, 0.6) is 0 Å². The Labute approximate surface area is 176 Å². The highest BCUT2D eigenvalue weighted by Gasteiger charge is 2.54. The molecule has 2 N–H and O–H groups in total. The second-order valence-corrected chi connectivity index (χ2v) is 9.64. The standard InChI is InChI=1S/C23H28N4O3/c24-16-7-1-5-15-19(16)23(30)27(21(15)28)18-9-8-17-14-6-3-11-25-10-2-4-13(20(14)25)12-26(17)22(18)29/h1,5,7,13-14,17-18,20H,2-4,6,8-12,24H2/t13-,14+,17+,18?,20-/m0/s1. The highest BCUT2D eigenvalue weighted by Crippen LogP contribution is 2.45. The number of piperidine rings is 4. The highest BCUT2D eigenvalue weighted by molar-refractivity contribution is 6.25. The van der Waals surface area contributed by atoms with Gasteiger partial charge in [-0.3, -0.25) is 24.2 Å². The third kappa shape index (κ3) is 2.38. The van der Waals surface area contributed by atoms with Gasteiger partial charge in [-0.2, -0.15) is 0 Å². The highest BCUT2D eigenvalue weighted by atomic mass is 16.2. The summed E-state index contributed by atoms with van der Waals surface area (Å²) in [6.45, 7) is 3.15. The fourth-order valence-electron chi connectivity index (χ4n) is 7.11. The molecule has 1 aromatic rings. The molecule has 0 aliphatic carbocycles. The monoisotopic (exact) mass is 408 g/mol. The van der Waals surface area contributed by atoms with Crippen molar-refractivity contribution in [1.29, 1.82) is 0 Å². The van der Waals surface area contributed by atoms with Crippen LogP contribution >= 0.6 is 0 Å². The molecular formula is C23H28N4O3. The minimum absolute atomic E-state index is 0.0412. The summed E-state index contributed by atoms with van der Waals surface area (Å²) in [5.74, 6) is 0.207. The van der Waals surface area contributed by atoms with E-state index < -0.39 is 11.9 Å². The Bertz CT molecular complexity index is 944. The van der Waals surface area contributed by atoms with Gasteiger partial charge in [-0.05, 0) is 75.6 Å². The summed E-state index contributed by atoms with van der Waals surface area (Å²) >= 11 is 0. The molecule has 7 nitrogen and oxygen atoms in total. The van der Waals surface area contributed by atoms with Gasteiger partial charge < -0.3 is 10.6 Å². The SMILES string of the molecule is Nc1cccc2c1C(=O)N(C1CC[C@@H]3[C@H]4CCCN5CCC[C@@H](CN3C1=O)[C@@H]45)C2=O. The molecule has 0 radical (unpaired) electrons. The van der Waals surface area contributed by atoms with Gasteiger partial charge in [-0.25, -0.2) is 0 Å². The van der Waals surface area contributed by atoms with Crippen LogP contribution in [0, 0.1) is 11.8 Å². The molecule has 5 aliphatic rings. The molecule has 5 atom stereocenters. The van der Waals surface area contributed by atoms with Crippen molar-refractivity contribution in [2.24, 2.45) is 11.8 Å². The van der Waals surface area contributed by atoms with Crippen LogP contribution in [0.2, 0.25) is 0 Å². The number of anilines is 1. The predicted molar refractivity (Wildman–Crippen MR) is 111 cm³/mol. The number of hydrogen-bond acceptors (Lipinski definition) is 5. The first-order valence-electron chi connectivity index (χ1n) is 11.4. The molecule has 0 saturated carbocycles. The molecule has 4 fully saturated rings. The number of carbonyl (C=O) groups excluding carboxylic acids is 3. The van der Waals surface area contributed by atoms with Gasteiger partial charge in [0.1, 0.15) is 6.04 Å². The van der Waals surface area contributed by atoms with Crippen LogP contribution in [0.1, 0.15) is 59.2 Å². The van der Waals surface area contributed by atoms with Crippen molar-refractivity contribution in [3.63, 3.8) is 0 Å². The topological polar surface area (TPSA) is 87.0 Å². The molecule has 0 bridgehead atoms. The fourth-order valence-corrected chi connectivity index (χ4v) is 7.11.